The van der Waals surface area contributed by atoms with Gasteiger partial charge in [0, 0.05) is 11.8 Å². The maximum Gasteiger partial charge on any atom is 0.251 e. The first kappa shape index (κ1) is 12.1. The Morgan fingerprint density at radius 2 is 2.47 bits per heavy atom. The molecule has 1 heterocycles. The summed E-state index contributed by atoms with van der Waals surface area (Å²) < 4.78 is 0.618. The van der Waals surface area contributed by atoms with Gasteiger partial charge in [0.05, 0.1) is 12.6 Å². The number of pyridine rings is 1. The molecule has 0 unspecified atom stereocenters. The van der Waals surface area contributed by atoms with Crippen LogP contribution in [0.25, 0.3) is 0 Å². The second kappa shape index (κ2) is 5.82. The lowest BCUT2D eigenvalue weighted by molar-refractivity contribution is 0.0915. The van der Waals surface area contributed by atoms with Gasteiger partial charge in [-0.05, 0) is 34.5 Å². The predicted octanol–water partition coefficient (Wildman–Crippen LogP) is 1.34. The van der Waals surface area contributed by atoms with Gasteiger partial charge in [-0.15, -0.1) is 0 Å². The molecule has 0 spiro atoms. The highest BCUT2D eigenvalue weighted by Gasteiger charge is 2.11. The number of nitrogens with zero attached hydrogens (tertiary/aromatic N) is 1. The van der Waals surface area contributed by atoms with E-state index in [4.69, 9.17) is 5.11 Å². The number of carbonyl (C=O) groups is 1. The molecule has 4 nitrogen and oxygen atoms in total. The zero-order valence-electron chi connectivity index (χ0n) is 8.40. The van der Waals surface area contributed by atoms with Crippen molar-refractivity contribution >= 4 is 21.8 Å². The van der Waals surface area contributed by atoms with E-state index in [1.165, 1.54) is 0 Å². The second-order valence-corrected chi connectivity index (χ2v) is 3.94. The van der Waals surface area contributed by atoms with Crippen molar-refractivity contribution < 1.29 is 9.90 Å². The van der Waals surface area contributed by atoms with E-state index in [0.717, 1.165) is 0 Å². The van der Waals surface area contributed by atoms with Gasteiger partial charge in [-0.3, -0.25) is 4.79 Å². The van der Waals surface area contributed by atoms with E-state index in [1.807, 2.05) is 6.92 Å². The summed E-state index contributed by atoms with van der Waals surface area (Å²) in [6.07, 6.45) is 2.26. The summed E-state index contributed by atoms with van der Waals surface area (Å²) in [4.78, 5) is 15.6. The monoisotopic (exact) mass is 272 g/mol. The lowest BCUT2D eigenvalue weighted by Crippen LogP contribution is -2.36. The molecule has 0 radical (unpaired) electrons. The predicted molar refractivity (Wildman–Crippen MR) is 60.6 cm³/mol. The standard InChI is InChI=1S/C10H13BrN2O2/c1-2-8(6-14)13-10(15)7-3-4-12-9(11)5-7/h3-5,8,14H,2,6H2,1H3,(H,13,15)/t8-/m1/s1. The number of halogens is 1. The van der Waals surface area contributed by atoms with Crippen molar-refractivity contribution in [2.75, 3.05) is 6.61 Å². The quantitative estimate of drug-likeness (QED) is 0.814. The normalized spacial score (nSPS) is 12.2. The molecular formula is C10H13BrN2O2. The van der Waals surface area contributed by atoms with Crippen molar-refractivity contribution in [3.05, 3.63) is 28.5 Å². The van der Waals surface area contributed by atoms with E-state index in [-0.39, 0.29) is 18.6 Å². The first-order valence-electron chi connectivity index (χ1n) is 4.70. The molecule has 15 heavy (non-hydrogen) atoms. The molecule has 1 amide bonds. The molecule has 1 aromatic rings. The summed E-state index contributed by atoms with van der Waals surface area (Å²) in [5, 5.41) is 11.7. The van der Waals surface area contributed by atoms with Gasteiger partial charge >= 0.3 is 0 Å². The van der Waals surface area contributed by atoms with Crippen molar-refractivity contribution in [1.29, 1.82) is 0 Å². The lowest BCUT2D eigenvalue weighted by Gasteiger charge is -2.13. The SMILES string of the molecule is CC[C@H](CO)NC(=O)c1ccnc(Br)c1. The van der Waals surface area contributed by atoms with Crippen LogP contribution in [0.4, 0.5) is 0 Å². The fraction of sp³-hybridized carbons (Fsp3) is 0.400. The molecule has 0 bridgehead atoms. The average molecular weight is 273 g/mol. The van der Waals surface area contributed by atoms with Crippen molar-refractivity contribution in [3.8, 4) is 0 Å². The van der Waals surface area contributed by atoms with Gasteiger partial charge in [0.1, 0.15) is 4.60 Å². The Hall–Kier alpha value is -0.940. The zero-order chi connectivity index (χ0) is 11.3. The molecule has 0 aromatic carbocycles. The molecule has 5 heteroatoms. The Balaban J connectivity index is 2.68. The Morgan fingerprint density at radius 1 is 1.73 bits per heavy atom. The summed E-state index contributed by atoms with van der Waals surface area (Å²) in [6.45, 7) is 1.86. The number of carbonyl (C=O) groups excluding carboxylic acids is 1. The molecule has 82 valence electrons. The second-order valence-electron chi connectivity index (χ2n) is 3.13. The van der Waals surface area contributed by atoms with Gasteiger partial charge in [0.25, 0.3) is 5.91 Å². The van der Waals surface area contributed by atoms with Crippen LogP contribution in [0.1, 0.15) is 23.7 Å². The molecule has 0 aliphatic rings. The minimum absolute atomic E-state index is 0.0471. The minimum atomic E-state index is -0.195. The number of aliphatic hydroxyl groups is 1. The first-order chi connectivity index (χ1) is 7.17. The highest BCUT2D eigenvalue weighted by Crippen LogP contribution is 2.08. The van der Waals surface area contributed by atoms with Gasteiger partial charge < -0.3 is 10.4 Å². The molecule has 1 atom stereocenters. The van der Waals surface area contributed by atoms with Crippen molar-refractivity contribution in [3.63, 3.8) is 0 Å². The lowest BCUT2D eigenvalue weighted by atomic mass is 10.2. The maximum absolute atomic E-state index is 11.7. The van der Waals surface area contributed by atoms with E-state index in [1.54, 1.807) is 18.3 Å². The molecular weight excluding hydrogens is 260 g/mol. The van der Waals surface area contributed by atoms with Crippen LogP contribution in [-0.4, -0.2) is 28.6 Å². The third-order valence-electron chi connectivity index (χ3n) is 2.04. The van der Waals surface area contributed by atoms with Crippen LogP contribution in [0.15, 0.2) is 22.9 Å². The summed E-state index contributed by atoms with van der Waals surface area (Å²) in [7, 11) is 0. The van der Waals surface area contributed by atoms with Gasteiger partial charge in [-0.1, -0.05) is 6.92 Å². The Morgan fingerprint density at radius 3 is 3.00 bits per heavy atom. The van der Waals surface area contributed by atoms with Crippen molar-refractivity contribution in [1.82, 2.24) is 10.3 Å². The molecule has 1 rings (SSSR count). The third-order valence-corrected chi connectivity index (χ3v) is 2.47. The number of aromatic nitrogens is 1. The number of hydrogen-bond donors (Lipinski definition) is 2. The number of aliphatic hydroxyl groups excluding tert-OH is 1. The van der Waals surface area contributed by atoms with Crippen LogP contribution in [-0.2, 0) is 0 Å². The smallest absolute Gasteiger partial charge is 0.251 e. The van der Waals surface area contributed by atoms with Crippen LogP contribution in [0.3, 0.4) is 0 Å². The fourth-order valence-corrected chi connectivity index (χ4v) is 1.45. The van der Waals surface area contributed by atoms with E-state index in [2.05, 4.69) is 26.2 Å². The first-order valence-corrected chi connectivity index (χ1v) is 5.50. The topological polar surface area (TPSA) is 62.2 Å². The zero-order valence-corrected chi connectivity index (χ0v) is 9.99. The van der Waals surface area contributed by atoms with Gasteiger partial charge in [-0.25, -0.2) is 4.98 Å². The van der Waals surface area contributed by atoms with E-state index >= 15 is 0 Å². The van der Waals surface area contributed by atoms with Crippen LogP contribution in [0, 0.1) is 0 Å². The number of nitrogens with one attached hydrogen (secondary N) is 1. The minimum Gasteiger partial charge on any atom is -0.394 e. The largest absolute Gasteiger partial charge is 0.394 e. The highest BCUT2D eigenvalue weighted by atomic mass is 79.9. The van der Waals surface area contributed by atoms with Crippen molar-refractivity contribution in [2.24, 2.45) is 0 Å². The summed E-state index contributed by atoms with van der Waals surface area (Å²) in [5.41, 5.74) is 0.531. The van der Waals surface area contributed by atoms with E-state index < -0.39 is 0 Å². The maximum atomic E-state index is 11.7. The number of amides is 1. The van der Waals surface area contributed by atoms with Crippen LogP contribution < -0.4 is 5.32 Å². The Kier molecular flexibility index (Phi) is 4.71. The summed E-state index contributed by atoms with van der Waals surface area (Å²) in [6, 6.07) is 3.08. The van der Waals surface area contributed by atoms with E-state index in [9.17, 15) is 4.79 Å². The van der Waals surface area contributed by atoms with Gasteiger partial charge in [0.15, 0.2) is 0 Å². The molecule has 1 aromatic heterocycles. The van der Waals surface area contributed by atoms with Crippen LogP contribution in [0.2, 0.25) is 0 Å². The Labute approximate surface area is 96.8 Å². The molecule has 0 saturated carbocycles. The third kappa shape index (κ3) is 3.60. The van der Waals surface area contributed by atoms with Crippen molar-refractivity contribution in [2.45, 2.75) is 19.4 Å². The van der Waals surface area contributed by atoms with Crippen LogP contribution in [0.5, 0.6) is 0 Å². The number of hydrogen-bond acceptors (Lipinski definition) is 3. The molecule has 0 fully saturated rings. The van der Waals surface area contributed by atoms with Gasteiger partial charge in [-0.2, -0.15) is 0 Å². The van der Waals surface area contributed by atoms with Gasteiger partial charge in [0.2, 0.25) is 0 Å². The fourth-order valence-electron chi connectivity index (χ4n) is 1.09. The molecule has 2 N–H and O–H groups in total. The molecule has 0 aliphatic heterocycles. The molecule has 0 aliphatic carbocycles. The summed E-state index contributed by atoms with van der Waals surface area (Å²) in [5.74, 6) is -0.195. The Bertz CT molecular complexity index is 340. The summed E-state index contributed by atoms with van der Waals surface area (Å²) >= 11 is 3.19. The van der Waals surface area contributed by atoms with E-state index in [0.29, 0.717) is 16.6 Å². The molecule has 0 saturated heterocycles. The highest BCUT2D eigenvalue weighted by molar-refractivity contribution is 9.10. The van der Waals surface area contributed by atoms with Crippen LogP contribution >= 0.6 is 15.9 Å². The number of rotatable bonds is 4. The average Bonchev–Trinajstić information content (AvgIpc) is 2.25.